The third-order valence-electron chi connectivity index (χ3n) is 5.31. The maximum Gasteiger partial charge on any atom is 0.265 e. The van der Waals surface area contributed by atoms with E-state index in [1.165, 1.54) is 13.1 Å². The van der Waals surface area contributed by atoms with Gasteiger partial charge in [0.25, 0.3) is 5.91 Å². The topological polar surface area (TPSA) is 105 Å². The van der Waals surface area contributed by atoms with Crippen molar-refractivity contribution in [1.82, 2.24) is 4.31 Å². The van der Waals surface area contributed by atoms with Crippen LogP contribution >= 0.6 is 0 Å². The van der Waals surface area contributed by atoms with Crippen LogP contribution < -0.4 is 15.4 Å². The summed E-state index contributed by atoms with van der Waals surface area (Å²) in [6, 6.07) is 8.47. The lowest BCUT2D eigenvalue weighted by molar-refractivity contribution is -0.123. The number of likely N-dealkylation sites (N-methyl/N-ethyl adjacent to an activating group) is 1. The summed E-state index contributed by atoms with van der Waals surface area (Å²) in [6.45, 7) is 7.01. The van der Waals surface area contributed by atoms with Crippen molar-refractivity contribution in [2.24, 2.45) is 0 Å². The monoisotopic (exact) mass is 445 g/mol. The number of hydrogen-bond donors (Lipinski definition) is 2. The number of ether oxygens (including phenoxy) is 1. The number of anilines is 2. The molecule has 8 nitrogen and oxygen atoms in total. The van der Waals surface area contributed by atoms with Crippen molar-refractivity contribution >= 4 is 33.2 Å². The minimum Gasteiger partial charge on any atom is -0.478 e. The van der Waals surface area contributed by atoms with Crippen LogP contribution in [0.25, 0.3) is 0 Å². The zero-order valence-corrected chi connectivity index (χ0v) is 19.1. The van der Waals surface area contributed by atoms with Crippen LogP contribution in [0.3, 0.4) is 0 Å². The first-order chi connectivity index (χ1) is 14.5. The highest BCUT2D eigenvalue weighted by Gasteiger charge is 2.31. The number of fused-ring (bicyclic) bond motifs is 1. The number of amides is 2. The lowest BCUT2D eigenvalue weighted by Crippen LogP contribution is -2.37. The van der Waals surface area contributed by atoms with E-state index in [0.717, 1.165) is 15.4 Å². The van der Waals surface area contributed by atoms with E-state index in [1.54, 1.807) is 19.1 Å². The lowest BCUT2D eigenvalue weighted by atomic mass is 10.1. The Morgan fingerprint density at radius 3 is 2.48 bits per heavy atom. The first-order valence-corrected chi connectivity index (χ1v) is 11.4. The number of hydrogen-bond acceptors (Lipinski definition) is 5. The molecule has 0 saturated carbocycles. The van der Waals surface area contributed by atoms with Gasteiger partial charge in [0, 0.05) is 18.8 Å². The molecule has 2 amide bonds. The summed E-state index contributed by atoms with van der Waals surface area (Å²) < 4.78 is 33.0. The number of rotatable bonds is 6. The van der Waals surface area contributed by atoms with Crippen LogP contribution in [0.2, 0.25) is 0 Å². The van der Waals surface area contributed by atoms with E-state index < -0.39 is 22.0 Å². The Balaban J connectivity index is 1.79. The fraction of sp³-hybridized carbons (Fsp3) is 0.364. The Labute approximate surface area is 182 Å². The Kier molecular flexibility index (Phi) is 6.38. The highest BCUT2D eigenvalue weighted by Crippen LogP contribution is 2.35. The molecule has 0 radical (unpaired) electrons. The lowest BCUT2D eigenvalue weighted by Gasteiger charge is -2.27. The van der Waals surface area contributed by atoms with Gasteiger partial charge in [0.1, 0.15) is 5.75 Å². The molecule has 1 atom stereocenters. The molecule has 1 heterocycles. The molecule has 0 saturated heterocycles. The first kappa shape index (κ1) is 22.8. The molecule has 0 bridgehead atoms. The third-order valence-corrected chi connectivity index (χ3v) is 7.26. The minimum atomic E-state index is -3.96. The van der Waals surface area contributed by atoms with Gasteiger partial charge in [0.15, 0.2) is 6.10 Å². The van der Waals surface area contributed by atoms with E-state index >= 15 is 0 Å². The van der Waals surface area contributed by atoms with Crippen molar-refractivity contribution in [1.29, 1.82) is 0 Å². The molecular weight excluding hydrogens is 418 g/mol. The van der Waals surface area contributed by atoms with Gasteiger partial charge >= 0.3 is 0 Å². The third kappa shape index (κ3) is 4.72. The molecule has 0 spiro atoms. The quantitative estimate of drug-likeness (QED) is 0.711. The normalized spacial score (nSPS) is 15.8. The standard InChI is InChI=1S/C22H27N3O5S/c1-6-18-22(27)24-17-10-15(4)20(11-19(17)30-18)31(28,29)25(5)12-21(26)23-16-8-7-13(2)14(3)9-16/h7-11,18H,6,12H2,1-5H3,(H,23,26)(H,24,27)/t18-/m1/s1. The highest BCUT2D eigenvalue weighted by molar-refractivity contribution is 7.89. The van der Waals surface area contributed by atoms with E-state index in [4.69, 9.17) is 4.74 Å². The van der Waals surface area contributed by atoms with E-state index in [2.05, 4.69) is 10.6 Å². The molecule has 0 unspecified atom stereocenters. The number of aryl methyl sites for hydroxylation is 3. The smallest absolute Gasteiger partial charge is 0.265 e. The second kappa shape index (κ2) is 8.68. The Morgan fingerprint density at radius 2 is 1.84 bits per heavy atom. The van der Waals surface area contributed by atoms with Gasteiger partial charge in [0.05, 0.1) is 17.1 Å². The number of sulfonamides is 1. The summed E-state index contributed by atoms with van der Waals surface area (Å²) in [7, 11) is -2.61. The molecular formula is C22H27N3O5S. The summed E-state index contributed by atoms with van der Waals surface area (Å²) >= 11 is 0. The number of nitrogens with zero attached hydrogens (tertiary/aromatic N) is 1. The maximum absolute atomic E-state index is 13.1. The second-order valence-electron chi connectivity index (χ2n) is 7.73. The molecule has 1 aliphatic rings. The number of benzene rings is 2. The zero-order valence-electron chi connectivity index (χ0n) is 18.3. The highest BCUT2D eigenvalue weighted by atomic mass is 32.2. The Hall–Kier alpha value is -2.91. The predicted molar refractivity (Wildman–Crippen MR) is 119 cm³/mol. The van der Waals surface area contributed by atoms with Crippen molar-refractivity contribution in [3.8, 4) is 5.75 Å². The van der Waals surface area contributed by atoms with E-state index in [9.17, 15) is 18.0 Å². The second-order valence-corrected chi connectivity index (χ2v) is 9.74. The largest absolute Gasteiger partial charge is 0.478 e. The predicted octanol–water partition coefficient (Wildman–Crippen LogP) is 2.98. The summed E-state index contributed by atoms with van der Waals surface area (Å²) in [4.78, 5) is 24.5. The maximum atomic E-state index is 13.1. The van der Waals surface area contributed by atoms with Gasteiger partial charge in [-0.05, 0) is 62.1 Å². The molecule has 2 N–H and O–H groups in total. The van der Waals surface area contributed by atoms with Crippen molar-refractivity contribution in [3.63, 3.8) is 0 Å². The van der Waals surface area contributed by atoms with Crippen molar-refractivity contribution in [3.05, 3.63) is 47.0 Å². The van der Waals surface area contributed by atoms with Crippen molar-refractivity contribution in [2.45, 2.75) is 45.1 Å². The summed E-state index contributed by atoms with van der Waals surface area (Å²) in [5, 5.41) is 5.47. The van der Waals surface area contributed by atoms with Crippen LogP contribution in [0.4, 0.5) is 11.4 Å². The van der Waals surface area contributed by atoms with Gasteiger partial charge in [-0.2, -0.15) is 4.31 Å². The number of carbonyl (C=O) groups excluding carboxylic acids is 2. The summed E-state index contributed by atoms with van der Waals surface area (Å²) in [5.74, 6) is -0.409. The van der Waals surface area contributed by atoms with Crippen LogP contribution in [0, 0.1) is 20.8 Å². The molecule has 1 aliphatic heterocycles. The van der Waals surface area contributed by atoms with Crippen LogP contribution in [0.15, 0.2) is 35.2 Å². The van der Waals surface area contributed by atoms with Crippen LogP contribution in [-0.4, -0.2) is 44.2 Å². The fourth-order valence-electron chi connectivity index (χ4n) is 3.31. The van der Waals surface area contributed by atoms with E-state index in [0.29, 0.717) is 29.1 Å². The fourth-order valence-corrected chi connectivity index (χ4v) is 4.65. The van der Waals surface area contributed by atoms with Gasteiger partial charge in [-0.25, -0.2) is 8.42 Å². The average Bonchev–Trinajstić information content (AvgIpc) is 2.69. The van der Waals surface area contributed by atoms with E-state index in [-0.39, 0.29) is 17.3 Å². The minimum absolute atomic E-state index is 0.0266. The number of nitrogens with one attached hydrogen (secondary N) is 2. The Morgan fingerprint density at radius 1 is 1.13 bits per heavy atom. The molecule has 9 heteroatoms. The van der Waals surface area contributed by atoms with Gasteiger partial charge in [0.2, 0.25) is 15.9 Å². The summed E-state index contributed by atoms with van der Waals surface area (Å²) in [6.07, 6.45) is -0.216. The van der Waals surface area contributed by atoms with Gasteiger partial charge in [-0.15, -0.1) is 0 Å². The van der Waals surface area contributed by atoms with Gasteiger partial charge in [-0.1, -0.05) is 13.0 Å². The Bertz CT molecular complexity index is 1140. The molecule has 166 valence electrons. The van der Waals surface area contributed by atoms with Crippen molar-refractivity contribution in [2.75, 3.05) is 24.2 Å². The van der Waals surface area contributed by atoms with Crippen LogP contribution in [0.1, 0.15) is 30.0 Å². The zero-order chi connectivity index (χ0) is 22.9. The van der Waals surface area contributed by atoms with E-state index in [1.807, 2.05) is 32.9 Å². The molecule has 0 fully saturated rings. The molecule has 2 aromatic carbocycles. The van der Waals surface area contributed by atoms with Crippen LogP contribution in [0.5, 0.6) is 5.75 Å². The average molecular weight is 446 g/mol. The molecule has 31 heavy (non-hydrogen) atoms. The van der Waals surface area contributed by atoms with Gasteiger partial charge in [-0.3, -0.25) is 9.59 Å². The summed E-state index contributed by atoms with van der Waals surface area (Å²) in [5.41, 5.74) is 3.61. The molecule has 2 aromatic rings. The molecule has 0 aliphatic carbocycles. The van der Waals surface area contributed by atoms with Gasteiger partial charge < -0.3 is 15.4 Å². The SMILES string of the molecule is CC[C@H]1Oc2cc(S(=O)(=O)N(C)CC(=O)Nc3ccc(C)c(C)c3)c(C)cc2NC1=O. The molecule has 0 aromatic heterocycles. The van der Waals surface area contributed by atoms with Crippen LogP contribution in [-0.2, 0) is 19.6 Å². The van der Waals surface area contributed by atoms with Crippen molar-refractivity contribution < 1.29 is 22.7 Å². The molecule has 3 rings (SSSR count). The first-order valence-electron chi connectivity index (χ1n) is 9.98. The number of carbonyl (C=O) groups is 2.